The summed E-state index contributed by atoms with van der Waals surface area (Å²) in [6.07, 6.45) is 0. The summed E-state index contributed by atoms with van der Waals surface area (Å²) in [5, 5.41) is 7.56. The van der Waals surface area contributed by atoms with Crippen LogP contribution in [0.15, 0.2) is 279 Å². The Balaban J connectivity index is 0.943. The Morgan fingerprint density at radius 2 is 0.743 bits per heavy atom. The van der Waals surface area contributed by atoms with Crippen molar-refractivity contribution in [3.63, 3.8) is 0 Å². The van der Waals surface area contributed by atoms with Crippen LogP contribution in [0.2, 0.25) is 0 Å². The molecule has 12 aromatic carbocycles. The monoisotopic (exact) mass is 890 g/mol. The van der Waals surface area contributed by atoms with Crippen molar-refractivity contribution in [1.82, 2.24) is 4.57 Å². The van der Waals surface area contributed by atoms with Gasteiger partial charge in [0.1, 0.15) is 0 Å². The van der Waals surface area contributed by atoms with Crippen LogP contribution in [-0.4, -0.2) is 4.57 Å². The highest BCUT2D eigenvalue weighted by Gasteiger charge is 2.19. The second-order valence-corrected chi connectivity index (χ2v) is 18.1. The van der Waals surface area contributed by atoms with Crippen molar-refractivity contribution in [2.45, 2.75) is 0 Å². The van der Waals surface area contributed by atoms with Gasteiger partial charge in [0.05, 0.1) is 11.0 Å². The van der Waals surface area contributed by atoms with E-state index in [4.69, 9.17) is 0 Å². The highest BCUT2D eigenvalue weighted by molar-refractivity contribution is 6.16. The standard InChI is InChI=1S/C68H46N2/c1-4-17-47(18-5-1)56-43-57(48-19-6-2-7-20-48)46-61(45-56)69(59-38-35-49(36-39-59)53-37-40-63-55(42-53)34-33-50-21-10-11-28-62(50)63)60-27-15-23-52(44-60)51-22-14-24-54(41-51)64-30-16-32-67-68(64)65-29-12-13-31-66(65)70(67)58-25-8-3-9-26-58/h1-46H. The molecule has 0 N–H and O–H groups in total. The number of hydrogen-bond donors (Lipinski definition) is 0. The van der Waals surface area contributed by atoms with Crippen LogP contribution in [0.4, 0.5) is 17.1 Å². The maximum atomic E-state index is 2.42. The van der Waals surface area contributed by atoms with Crippen molar-refractivity contribution >= 4 is 60.4 Å². The lowest BCUT2D eigenvalue weighted by Crippen LogP contribution is -2.10. The van der Waals surface area contributed by atoms with Crippen molar-refractivity contribution in [1.29, 1.82) is 0 Å². The first-order valence-corrected chi connectivity index (χ1v) is 24.1. The smallest absolute Gasteiger partial charge is 0.0547 e. The van der Waals surface area contributed by atoms with E-state index < -0.39 is 0 Å². The van der Waals surface area contributed by atoms with Gasteiger partial charge in [-0.25, -0.2) is 0 Å². The minimum absolute atomic E-state index is 1.07. The average Bonchev–Trinajstić information content (AvgIpc) is 3.78. The maximum Gasteiger partial charge on any atom is 0.0547 e. The number of nitrogens with zero attached hydrogens (tertiary/aromatic N) is 2. The molecule has 0 aliphatic rings. The summed E-state index contributed by atoms with van der Waals surface area (Å²) in [4.78, 5) is 2.42. The summed E-state index contributed by atoms with van der Waals surface area (Å²) in [5.41, 5.74) is 18.5. The second kappa shape index (κ2) is 17.4. The third-order valence-corrected chi connectivity index (χ3v) is 13.9. The first kappa shape index (κ1) is 41.0. The zero-order chi connectivity index (χ0) is 46.4. The first-order chi connectivity index (χ1) is 34.7. The van der Waals surface area contributed by atoms with E-state index in [-0.39, 0.29) is 0 Å². The molecule has 70 heavy (non-hydrogen) atoms. The summed E-state index contributed by atoms with van der Waals surface area (Å²) < 4.78 is 2.39. The van der Waals surface area contributed by atoms with Crippen molar-refractivity contribution in [2.24, 2.45) is 0 Å². The van der Waals surface area contributed by atoms with Gasteiger partial charge in [0.15, 0.2) is 0 Å². The molecule has 0 fully saturated rings. The van der Waals surface area contributed by atoms with E-state index in [1.165, 1.54) is 76.7 Å². The molecule has 1 heterocycles. The van der Waals surface area contributed by atoms with E-state index in [1.807, 2.05) is 0 Å². The summed E-state index contributed by atoms with van der Waals surface area (Å²) in [7, 11) is 0. The van der Waals surface area contributed by atoms with Gasteiger partial charge >= 0.3 is 0 Å². The SMILES string of the molecule is c1ccc(-c2cc(-c3ccccc3)cc(N(c3ccc(-c4ccc5c(ccc6ccccc65)c4)cc3)c3cccc(-c4cccc(-c5cccc6c5c5ccccc5n6-c5ccccc5)c4)c3)c2)cc1. The molecular weight excluding hydrogens is 845 g/mol. The normalized spacial score (nSPS) is 11.4. The zero-order valence-electron chi connectivity index (χ0n) is 38.5. The van der Waals surface area contributed by atoms with Gasteiger partial charge in [-0.15, -0.1) is 0 Å². The third-order valence-electron chi connectivity index (χ3n) is 13.9. The van der Waals surface area contributed by atoms with Crippen LogP contribution in [0.3, 0.4) is 0 Å². The van der Waals surface area contributed by atoms with Gasteiger partial charge in [-0.3, -0.25) is 0 Å². The number of fused-ring (bicyclic) bond motifs is 6. The Morgan fingerprint density at radius 1 is 0.243 bits per heavy atom. The largest absolute Gasteiger partial charge is 0.310 e. The van der Waals surface area contributed by atoms with Crippen molar-refractivity contribution < 1.29 is 0 Å². The van der Waals surface area contributed by atoms with E-state index in [9.17, 15) is 0 Å². The summed E-state index contributed by atoms with van der Waals surface area (Å²) in [5.74, 6) is 0. The van der Waals surface area contributed by atoms with Gasteiger partial charge in [0, 0.05) is 33.5 Å². The molecule has 0 atom stereocenters. The third kappa shape index (κ3) is 7.40. The predicted octanol–water partition coefficient (Wildman–Crippen LogP) is 18.9. The average molecular weight is 891 g/mol. The van der Waals surface area contributed by atoms with Gasteiger partial charge in [-0.1, -0.05) is 200 Å². The van der Waals surface area contributed by atoms with Gasteiger partial charge in [-0.05, 0) is 156 Å². The lowest BCUT2D eigenvalue weighted by atomic mass is 9.95. The predicted molar refractivity (Wildman–Crippen MR) is 298 cm³/mol. The fraction of sp³-hybridized carbons (Fsp3) is 0. The minimum atomic E-state index is 1.07. The molecule has 328 valence electrons. The molecule has 13 aromatic rings. The molecule has 2 heteroatoms. The lowest BCUT2D eigenvalue weighted by Gasteiger charge is -2.27. The lowest BCUT2D eigenvalue weighted by molar-refractivity contribution is 1.18. The number of anilines is 3. The maximum absolute atomic E-state index is 2.42. The molecule has 0 amide bonds. The van der Waals surface area contributed by atoms with E-state index in [1.54, 1.807) is 0 Å². The number of hydrogen-bond acceptors (Lipinski definition) is 1. The van der Waals surface area contributed by atoms with Gasteiger partial charge < -0.3 is 9.47 Å². The Kier molecular flexibility index (Phi) is 10.2. The highest BCUT2D eigenvalue weighted by Crippen LogP contribution is 2.43. The molecule has 0 unspecified atom stereocenters. The van der Waals surface area contributed by atoms with Crippen LogP contribution in [-0.2, 0) is 0 Å². The van der Waals surface area contributed by atoms with E-state index in [0.29, 0.717) is 0 Å². The van der Waals surface area contributed by atoms with Crippen LogP contribution >= 0.6 is 0 Å². The second-order valence-electron chi connectivity index (χ2n) is 18.1. The molecule has 0 bridgehead atoms. The van der Waals surface area contributed by atoms with Gasteiger partial charge in [0.25, 0.3) is 0 Å². The van der Waals surface area contributed by atoms with Crippen molar-refractivity contribution in [2.75, 3.05) is 4.90 Å². The molecule has 2 nitrogen and oxygen atoms in total. The van der Waals surface area contributed by atoms with Crippen LogP contribution in [0.5, 0.6) is 0 Å². The zero-order valence-corrected chi connectivity index (χ0v) is 38.5. The summed E-state index contributed by atoms with van der Waals surface area (Å²) >= 11 is 0. The Morgan fingerprint density at radius 3 is 1.50 bits per heavy atom. The topological polar surface area (TPSA) is 8.17 Å². The Hall–Kier alpha value is -9.24. The molecule has 13 rings (SSSR count). The molecule has 0 saturated carbocycles. The summed E-state index contributed by atoms with van der Waals surface area (Å²) in [6, 6.07) is 102. The summed E-state index contributed by atoms with van der Waals surface area (Å²) in [6.45, 7) is 0. The van der Waals surface area contributed by atoms with Gasteiger partial charge in [0.2, 0.25) is 0 Å². The van der Waals surface area contributed by atoms with Crippen molar-refractivity contribution in [3.8, 4) is 61.3 Å². The van der Waals surface area contributed by atoms with E-state index in [0.717, 1.165) is 45.0 Å². The minimum Gasteiger partial charge on any atom is -0.310 e. The number of benzene rings is 12. The molecular formula is C68H46N2. The Bertz CT molecular complexity index is 3980. The molecule has 0 radical (unpaired) electrons. The first-order valence-electron chi connectivity index (χ1n) is 24.1. The molecule has 0 saturated heterocycles. The van der Waals surface area contributed by atoms with Crippen LogP contribution in [0, 0.1) is 0 Å². The fourth-order valence-electron chi connectivity index (χ4n) is 10.6. The van der Waals surface area contributed by atoms with E-state index in [2.05, 4.69) is 289 Å². The fourth-order valence-corrected chi connectivity index (χ4v) is 10.6. The number of rotatable bonds is 9. The molecule has 0 aliphatic heterocycles. The Labute approximate surface area is 408 Å². The molecule has 1 aromatic heterocycles. The van der Waals surface area contributed by atoms with Crippen molar-refractivity contribution in [3.05, 3.63) is 279 Å². The van der Waals surface area contributed by atoms with E-state index >= 15 is 0 Å². The van der Waals surface area contributed by atoms with Gasteiger partial charge in [-0.2, -0.15) is 0 Å². The molecule has 0 aliphatic carbocycles. The highest BCUT2D eigenvalue weighted by atomic mass is 15.1. The molecule has 0 spiro atoms. The number of para-hydroxylation sites is 2. The van der Waals surface area contributed by atoms with Crippen LogP contribution in [0.25, 0.3) is 105 Å². The van der Waals surface area contributed by atoms with Crippen LogP contribution in [0.1, 0.15) is 0 Å². The number of aromatic nitrogens is 1. The quantitative estimate of drug-likeness (QED) is 0.131. The van der Waals surface area contributed by atoms with Crippen LogP contribution < -0.4 is 4.90 Å².